The standard InChI is InChI=1S/C14H16ClN3/c1-8-4-10(3)13(11(15)5-8)18-14-12(16)6-9(2)7-17-14/h4-7H,16H2,1-3H3,(H,17,18). The monoisotopic (exact) mass is 261 g/mol. The summed E-state index contributed by atoms with van der Waals surface area (Å²) in [6.07, 6.45) is 1.77. The van der Waals surface area contributed by atoms with Crippen LogP contribution in [-0.4, -0.2) is 4.98 Å². The van der Waals surface area contributed by atoms with Crippen molar-refractivity contribution >= 4 is 28.8 Å². The molecular formula is C14H16ClN3. The van der Waals surface area contributed by atoms with Crippen LogP contribution >= 0.6 is 11.6 Å². The fourth-order valence-corrected chi connectivity index (χ4v) is 2.26. The van der Waals surface area contributed by atoms with Crippen molar-refractivity contribution in [3.05, 3.63) is 46.1 Å². The second-order valence-electron chi connectivity index (χ2n) is 4.51. The molecule has 1 aromatic heterocycles. The summed E-state index contributed by atoms with van der Waals surface area (Å²) >= 11 is 6.24. The van der Waals surface area contributed by atoms with E-state index in [2.05, 4.69) is 16.4 Å². The van der Waals surface area contributed by atoms with Gasteiger partial charge in [0.15, 0.2) is 5.82 Å². The molecule has 94 valence electrons. The number of halogens is 1. The van der Waals surface area contributed by atoms with Crippen LogP contribution in [0.4, 0.5) is 17.2 Å². The Kier molecular flexibility index (Phi) is 3.43. The molecule has 0 saturated heterocycles. The number of pyridine rings is 1. The van der Waals surface area contributed by atoms with Crippen molar-refractivity contribution in [2.75, 3.05) is 11.1 Å². The van der Waals surface area contributed by atoms with Crippen LogP contribution in [0.5, 0.6) is 0 Å². The molecule has 1 aromatic carbocycles. The molecule has 3 N–H and O–H groups in total. The maximum Gasteiger partial charge on any atom is 0.153 e. The largest absolute Gasteiger partial charge is 0.396 e. The van der Waals surface area contributed by atoms with Gasteiger partial charge in [0, 0.05) is 6.20 Å². The minimum absolute atomic E-state index is 0.617. The molecule has 2 rings (SSSR count). The van der Waals surface area contributed by atoms with Gasteiger partial charge in [-0.1, -0.05) is 17.7 Å². The molecule has 4 heteroatoms. The Labute approximate surface area is 112 Å². The third kappa shape index (κ3) is 2.57. The number of nitrogens with two attached hydrogens (primary N) is 1. The average molecular weight is 262 g/mol. The van der Waals surface area contributed by atoms with Crippen molar-refractivity contribution in [2.45, 2.75) is 20.8 Å². The van der Waals surface area contributed by atoms with Crippen LogP contribution in [0.1, 0.15) is 16.7 Å². The maximum absolute atomic E-state index is 6.24. The highest BCUT2D eigenvalue weighted by Crippen LogP contribution is 2.31. The van der Waals surface area contributed by atoms with Crippen LogP contribution in [0.3, 0.4) is 0 Å². The van der Waals surface area contributed by atoms with Gasteiger partial charge in [-0.2, -0.15) is 0 Å². The van der Waals surface area contributed by atoms with Crippen molar-refractivity contribution in [1.82, 2.24) is 4.98 Å². The first kappa shape index (κ1) is 12.7. The quantitative estimate of drug-likeness (QED) is 0.860. The molecule has 0 aliphatic rings. The minimum atomic E-state index is 0.617. The molecule has 1 heterocycles. The van der Waals surface area contributed by atoms with E-state index in [0.717, 1.165) is 22.4 Å². The summed E-state index contributed by atoms with van der Waals surface area (Å²) in [6, 6.07) is 5.87. The molecule has 0 atom stereocenters. The number of hydrogen-bond acceptors (Lipinski definition) is 3. The van der Waals surface area contributed by atoms with E-state index in [1.807, 2.05) is 32.9 Å². The highest BCUT2D eigenvalue weighted by molar-refractivity contribution is 6.33. The maximum atomic E-state index is 6.24. The number of hydrogen-bond donors (Lipinski definition) is 2. The van der Waals surface area contributed by atoms with Gasteiger partial charge in [-0.3, -0.25) is 0 Å². The zero-order valence-electron chi connectivity index (χ0n) is 10.7. The number of aromatic nitrogens is 1. The molecule has 0 fully saturated rings. The van der Waals surface area contributed by atoms with E-state index in [0.29, 0.717) is 16.5 Å². The van der Waals surface area contributed by atoms with Gasteiger partial charge < -0.3 is 11.1 Å². The Hall–Kier alpha value is -1.74. The molecule has 0 saturated carbocycles. The summed E-state index contributed by atoms with van der Waals surface area (Å²) in [5.74, 6) is 0.634. The van der Waals surface area contributed by atoms with Crippen molar-refractivity contribution in [2.24, 2.45) is 0 Å². The summed E-state index contributed by atoms with van der Waals surface area (Å²) in [5, 5.41) is 3.87. The molecule has 0 aliphatic carbocycles. The topological polar surface area (TPSA) is 50.9 Å². The Morgan fingerprint density at radius 2 is 1.83 bits per heavy atom. The van der Waals surface area contributed by atoms with Gasteiger partial charge >= 0.3 is 0 Å². The van der Waals surface area contributed by atoms with E-state index in [4.69, 9.17) is 17.3 Å². The van der Waals surface area contributed by atoms with E-state index in [1.54, 1.807) is 6.20 Å². The summed E-state index contributed by atoms with van der Waals surface area (Å²) in [6.45, 7) is 5.98. The lowest BCUT2D eigenvalue weighted by molar-refractivity contribution is 1.25. The van der Waals surface area contributed by atoms with Gasteiger partial charge in [0.2, 0.25) is 0 Å². The Morgan fingerprint density at radius 3 is 2.44 bits per heavy atom. The zero-order chi connectivity index (χ0) is 13.3. The van der Waals surface area contributed by atoms with Crippen molar-refractivity contribution in [1.29, 1.82) is 0 Å². The third-order valence-electron chi connectivity index (χ3n) is 2.73. The van der Waals surface area contributed by atoms with Crippen LogP contribution < -0.4 is 11.1 Å². The van der Waals surface area contributed by atoms with E-state index in [1.165, 1.54) is 0 Å². The van der Waals surface area contributed by atoms with E-state index in [9.17, 15) is 0 Å². The fraction of sp³-hybridized carbons (Fsp3) is 0.214. The Morgan fingerprint density at radius 1 is 1.11 bits per heavy atom. The second kappa shape index (κ2) is 4.86. The number of nitrogens with one attached hydrogen (secondary N) is 1. The first-order valence-corrected chi connectivity index (χ1v) is 6.11. The van der Waals surface area contributed by atoms with Crippen molar-refractivity contribution in [3.8, 4) is 0 Å². The van der Waals surface area contributed by atoms with Gasteiger partial charge in [-0.05, 0) is 49.6 Å². The van der Waals surface area contributed by atoms with E-state index >= 15 is 0 Å². The smallest absolute Gasteiger partial charge is 0.153 e. The Balaban J connectivity index is 2.40. The van der Waals surface area contributed by atoms with Crippen LogP contribution in [0.15, 0.2) is 24.4 Å². The summed E-state index contributed by atoms with van der Waals surface area (Å²) in [7, 11) is 0. The van der Waals surface area contributed by atoms with Crippen LogP contribution in [0.2, 0.25) is 5.02 Å². The molecule has 0 radical (unpaired) electrons. The first-order chi connectivity index (χ1) is 8.47. The average Bonchev–Trinajstić information content (AvgIpc) is 2.25. The predicted molar refractivity (Wildman–Crippen MR) is 77.6 cm³/mol. The van der Waals surface area contributed by atoms with Gasteiger partial charge in [-0.25, -0.2) is 4.98 Å². The number of benzene rings is 1. The molecule has 2 aromatic rings. The van der Waals surface area contributed by atoms with E-state index in [-0.39, 0.29) is 0 Å². The third-order valence-corrected chi connectivity index (χ3v) is 3.03. The molecule has 18 heavy (non-hydrogen) atoms. The lowest BCUT2D eigenvalue weighted by Crippen LogP contribution is -2.01. The fourth-order valence-electron chi connectivity index (χ4n) is 1.89. The van der Waals surface area contributed by atoms with Gasteiger partial charge in [-0.15, -0.1) is 0 Å². The van der Waals surface area contributed by atoms with Crippen LogP contribution in [0, 0.1) is 20.8 Å². The molecular weight excluding hydrogens is 246 g/mol. The summed E-state index contributed by atoms with van der Waals surface area (Å²) < 4.78 is 0. The van der Waals surface area contributed by atoms with Gasteiger partial charge in [0.25, 0.3) is 0 Å². The highest BCUT2D eigenvalue weighted by Gasteiger charge is 2.08. The minimum Gasteiger partial charge on any atom is -0.396 e. The molecule has 3 nitrogen and oxygen atoms in total. The number of nitrogen functional groups attached to an aromatic ring is 1. The number of aryl methyl sites for hydroxylation is 3. The van der Waals surface area contributed by atoms with Crippen molar-refractivity contribution < 1.29 is 0 Å². The van der Waals surface area contributed by atoms with Crippen LogP contribution in [0.25, 0.3) is 0 Å². The predicted octanol–water partition coefficient (Wildman–Crippen LogP) is 3.99. The SMILES string of the molecule is Cc1cnc(Nc2c(C)cc(C)cc2Cl)c(N)c1. The molecule has 0 spiro atoms. The lowest BCUT2D eigenvalue weighted by atomic mass is 10.1. The number of nitrogens with zero attached hydrogens (tertiary/aromatic N) is 1. The number of anilines is 3. The van der Waals surface area contributed by atoms with Gasteiger partial charge in [0.05, 0.1) is 16.4 Å². The molecule has 0 bridgehead atoms. The van der Waals surface area contributed by atoms with Crippen LogP contribution in [-0.2, 0) is 0 Å². The lowest BCUT2D eigenvalue weighted by Gasteiger charge is -2.13. The van der Waals surface area contributed by atoms with Gasteiger partial charge in [0.1, 0.15) is 0 Å². The summed E-state index contributed by atoms with van der Waals surface area (Å²) in [4.78, 5) is 4.28. The zero-order valence-corrected chi connectivity index (χ0v) is 11.5. The van der Waals surface area contributed by atoms with E-state index < -0.39 is 0 Å². The first-order valence-electron chi connectivity index (χ1n) is 5.73. The normalized spacial score (nSPS) is 10.4. The highest BCUT2D eigenvalue weighted by atomic mass is 35.5. The molecule has 0 amide bonds. The Bertz CT molecular complexity index is 571. The number of rotatable bonds is 2. The molecule has 0 aliphatic heterocycles. The molecule has 0 unspecified atom stereocenters. The summed E-state index contributed by atoms with van der Waals surface area (Å²) in [5.41, 5.74) is 10.6. The second-order valence-corrected chi connectivity index (χ2v) is 4.92. The van der Waals surface area contributed by atoms with Crippen molar-refractivity contribution in [3.63, 3.8) is 0 Å².